The van der Waals surface area contributed by atoms with Gasteiger partial charge in [0.2, 0.25) is 0 Å². The van der Waals surface area contributed by atoms with Gasteiger partial charge in [-0.05, 0) is 37.6 Å². The number of para-hydroxylation sites is 2. The highest BCUT2D eigenvalue weighted by atomic mass is 16.5. The Morgan fingerprint density at radius 1 is 0.862 bits per heavy atom. The van der Waals surface area contributed by atoms with E-state index in [1.54, 1.807) is 30.3 Å². The molecule has 0 saturated heterocycles. The molecule has 152 valence electrons. The van der Waals surface area contributed by atoms with E-state index in [-0.39, 0.29) is 23.7 Å². The molecule has 3 N–H and O–H groups in total. The molecule has 3 aromatic rings. The van der Waals surface area contributed by atoms with Gasteiger partial charge < -0.3 is 24.8 Å². The number of phenols is 1. The summed E-state index contributed by atoms with van der Waals surface area (Å²) in [5.41, 5.74) is 3.06. The number of methoxy groups -OCH3 is 1. The van der Waals surface area contributed by atoms with Crippen molar-refractivity contribution >= 4 is 0 Å². The summed E-state index contributed by atoms with van der Waals surface area (Å²) in [6.45, 7) is 3.66. The molecule has 0 aliphatic rings. The van der Waals surface area contributed by atoms with Crippen molar-refractivity contribution in [3.63, 3.8) is 0 Å². The fourth-order valence-corrected chi connectivity index (χ4v) is 3.44. The molecule has 29 heavy (non-hydrogen) atoms. The summed E-state index contributed by atoms with van der Waals surface area (Å²) in [7, 11) is 1.45. The molecule has 5 heteroatoms. The van der Waals surface area contributed by atoms with Crippen LogP contribution in [0.3, 0.4) is 0 Å². The van der Waals surface area contributed by atoms with Crippen LogP contribution in [0.5, 0.6) is 23.0 Å². The fourth-order valence-electron chi connectivity index (χ4n) is 3.44. The van der Waals surface area contributed by atoms with E-state index in [1.165, 1.54) is 7.11 Å². The van der Waals surface area contributed by atoms with Gasteiger partial charge in [0.1, 0.15) is 11.5 Å². The van der Waals surface area contributed by atoms with Crippen LogP contribution in [-0.2, 0) is 0 Å². The molecule has 0 fully saturated rings. The summed E-state index contributed by atoms with van der Waals surface area (Å²) in [5, 5.41) is 31.5. The first kappa shape index (κ1) is 20.7. The average Bonchev–Trinajstić information content (AvgIpc) is 2.72. The van der Waals surface area contributed by atoms with E-state index in [0.29, 0.717) is 17.1 Å². The lowest BCUT2D eigenvalue weighted by Gasteiger charge is -2.25. The second-order valence-corrected chi connectivity index (χ2v) is 7.04. The molecule has 0 radical (unpaired) electrons. The van der Waals surface area contributed by atoms with E-state index in [2.05, 4.69) is 0 Å². The minimum atomic E-state index is -1.15. The molecule has 3 aromatic carbocycles. The molecule has 2 atom stereocenters. The van der Waals surface area contributed by atoms with E-state index in [0.717, 1.165) is 11.1 Å². The quantitative estimate of drug-likeness (QED) is 0.545. The van der Waals surface area contributed by atoms with Crippen LogP contribution in [0.1, 0.15) is 34.3 Å². The van der Waals surface area contributed by atoms with Crippen LogP contribution in [-0.4, -0.2) is 29.0 Å². The Balaban J connectivity index is 1.98. The summed E-state index contributed by atoms with van der Waals surface area (Å²) in [6, 6.07) is 18.1. The molecule has 5 nitrogen and oxygen atoms in total. The number of ether oxygens (including phenoxy) is 2. The summed E-state index contributed by atoms with van der Waals surface area (Å²) in [4.78, 5) is 0. The van der Waals surface area contributed by atoms with E-state index >= 15 is 0 Å². The monoisotopic (exact) mass is 394 g/mol. The minimum absolute atomic E-state index is 0.145. The number of aliphatic hydroxyl groups is 2. The number of rotatable bonds is 7. The highest BCUT2D eigenvalue weighted by molar-refractivity contribution is 5.49. The van der Waals surface area contributed by atoms with Crippen LogP contribution in [0.25, 0.3) is 0 Å². The molecule has 0 spiro atoms. The smallest absolute Gasteiger partial charge is 0.163 e. The van der Waals surface area contributed by atoms with E-state index in [1.807, 2.05) is 44.2 Å². The second kappa shape index (κ2) is 8.99. The maximum absolute atomic E-state index is 11.0. The number of phenolic OH excluding ortho intramolecular Hbond substituents is 1. The Kier molecular flexibility index (Phi) is 6.42. The maximum atomic E-state index is 11.0. The Bertz CT molecular complexity index is 983. The van der Waals surface area contributed by atoms with Crippen LogP contribution in [0, 0.1) is 13.8 Å². The summed E-state index contributed by atoms with van der Waals surface area (Å²) in [6.07, 6.45) is -1.15. The number of hydrogen-bond acceptors (Lipinski definition) is 5. The van der Waals surface area contributed by atoms with Crippen LogP contribution < -0.4 is 9.47 Å². The Morgan fingerprint density at radius 3 is 2.24 bits per heavy atom. The zero-order valence-corrected chi connectivity index (χ0v) is 16.8. The third kappa shape index (κ3) is 4.36. The first-order valence-electron chi connectivity index (χ1n) is 9.45. The van der Waals surface area contributed by atoms with Crippen LogP contribution in [0.2, 0.25) is 0 Å². The summed E-state index contributed by atoms with van der Waals surface area (Å²) in [5.74, 6) is 0.667. The fraction of sp³-hybridized carbons (Fsp3) is 0.250. The Hall–Kier alpha value is -3.02. The van der Waals surface area contributed by atoms with Crippen molar-refractivity contribution in [2.45, 2.75) is 25.9 Å². The molecule has 3 rings (SSSR count). The third-order valence-electron chi connectivity index (χ3n) is 5.02. The molecule has 0 aromatic heterocycles. The van der Waals surface area contributed by atoms with Gasteiger partial charge in [0, 0.05) is 17.0 Å². The Labute approximate surface area is 170 Å². The summed E-state index contributed by atoms with van der Waals surface area (Å²) < 4.78 is 11.3. The zero-order valence-electron chi connectivity index (χ0n) is 16.8. The number of aliphatic hydroxyl groups excluding tert-OH is 2. The summed E-state index contributed by atoms with van der Waals surface area (Å²) >= 11 is 0. The lowest BCUT2D eigenvalue weighted by atomic mass is 9.88. The largest absolute Gasteiger partial charge is 0.504 e. The molecule has 0 aliphatic heterocycles. The number of hydrogen-bond donors (Lipinski definition) is 3. The van der Waals surface area contributed by atoms with Gasteiger partial charge >= 0.3 is 0 Å². The van der Waals surface area contributed by atoms with Crippen molar-refractivity contribution in [1.29, 1.82) is 0 Å². The lowest BCUT2D eigenvalue weighted by Crippen LogP contribution is -2.16. The van der Waals surface area contributed by atoms with Crippen molar-refractivity contribution in [1.82, 2.24) is 0 Å². The van der Waals surface area contributed by atoms with Gasteiger partial charge in [-0.15, -0.1) is 0 Å². The standard InChI is InChI=1S/C24H26O5/c1-15-11-12-20(16(2)13-15)29-21-9-5-4-7-17(21)19(14-25)23(26)18-8-6-10-22(28-3)24(18)27/h4-13,19,23,25-27H,14H2,1-3H3. The van der Waals surface area contributed by atoms with Crippen LogP contribution >= 0.6 is 0 Å². The van der Waals surface area contributed by atoms with Crippen molar-refractivity contribution in [2.75, 3.05) is 13.7 Å². The molecule has 0 saturated carbocycles. The van der Waals surface area contributed by atoms with Crippen molar-refractivity contribution in [3.8, 4) is 23.0 Å². The van der Waals surface area contributed by atoms with Crippen molar-refractivity contribution < 1.29 is 24.8 Å². The predicted molar refractivity (Wildman–Crippen MR) is 112 cm³/mol. The van der Waals surface area contributed by atoms with E-state index < -0.39 is 12.0 Å². The number of benzene rings is 3. The predicted octanol–water partition coefficient (Wildman–Crippen LogP) is 4.62. The topological polar surface area (TPSA) is 79.2 Å². The van der Waals surface area contributed by atoms with Crippen molar-refractivity contribution in [2.24, 2.45) is 0 Å². The highest BCUT2D eigenvalue weighted by Crippen LogP contribution is 2.42. The first-order chi connectivity index (χ1) is 14.0. The molecule has 0 amide bonds. The van der Waals surface area contributed by atoms with E-state index in [9.17, 15) is 15.3 Å². The molecule has 0 bridgehead atoms. The molecule has 0 aliphatic carbocycles. The van der Waals surface area contributed by atoms with Gasteiger partial charge in [0.15, 0.2) is 11.5 Å². The Morgan fingerprint density at radius 2 is 1.55 bits per heavy atom. The lowest BCUT2D eigenvalue weighted by molar-refractivity contribution is 0.103. The third-order valence-corrected chi connectivity index (χ3v) is 5.02. The van der Waals surface area contributed by atoms with Crippen LogP contribution in [0.4, 0.5) is 0 Å². The number of aromatic hydroxyl groups is 1. The average molecular weight is 394 g/mol. The number of aryl methyl sites for hydroxylation is 2. The maximum Gasteiger partial charge on any atom is 0.163 e. The normalized spacial score (nSPS) is 13.0. The van der Waals surface area contributed by atoms with Gasteiger partial charge in [-0.25, -0.2) is 0 Å². The molecular weight excluding hydrogens is 368 g/mol. The molecule has 2 unspecified atom stereocenters. The van der Waals surface area contributed by atoms with Gasteiger partial charge in [-0.1, -0.05) is 48.0 Å². The minimum Gasteiger partial charge on any atom is -0.504 e. The van der Waals surface area contributed by atoms with Gasteiger partial charge in [-0.2, -0.15) is 0 Å². The van der Waals surface area contributed by atoms with Gasteiger partial charge in [0.25, 0.3) is 0 Å². The second-order valence-electron chi connectivity index (χ2n) is 7.04. The van der Waals surface area contributed by atoms with Gasteiger partial charge in [0.05, 0.1) is 19.8 Å². The zero-order chi connectivity index (χ0) is 21.0. The molecular formula is C24H26O5. The van der Waals surface area contributed by atoms with Gasteiger partial charge in [-0.3, -0.25) is 0 Å². The van der Waals surface area contributed by atoms with Crippen molar-refractivity contribution in [3.05, 3.63) is 82.9 Å². The van der Waals surface area contributed by atoms with E-state index in [4.69, 9.17) is 9.47 Å². The highest BCUT2D eigenvalue weighted by Gasteiger charge is 2.28. The first-order valence-corrected chi connectivity index (χ1v) is 9.45. The van der Waals surface area contributed by atoms with Crippen LogP contribution in [0.15, 0.2) is 60.7 Å². The SMILES string of the molecule is COc1cccc(C(O)C(CO)c2ccccc2Oc2ccc(C)cc2C)c1O. The molecule has 0 heterocycles.